The van der Waals surface area contributed by atoms with Crippen molar-refractivity contribution in [2.24, 2.45) is 0 Å². The summed E-state index contributed by atoms with van der Waals surface area (Å²) in [5, 5.41) is 24.0. The second-order valence-corrected chi connectivity index (χ2v) is 9.80. The first-order chi connectivity index (χ1) is 17.5. The van der Waals surface area contributed by atoms with Crippen LogP contribution < -0.4 is 14.9 Å². The van der Waals surface area contributed by atoms with Crippen LogP contribution >= 0.6 is 11.3 Å². The summed E-state index contributed by atoms with van der Waals surface area (Å²) in [6.45, 7) is 1.28. The van der Waals surface area contributed by atoms with Crippen molar-refractivity contribution in [1.29, 1.82) is 0 Å². The van der Waals surface area contributed by atoms with Gasteiger partial charge in [0.05, 0.1) is 17.9 Å². The lowest BCUT2D eigenvalue weighted by molar-refractivity contribution is 0.165. The molecule has 0 saturated heterocycles. The maximum Gasteiger partial charge on any atom is 0.305 e. The van der Waals surface area contributed by atoms with Gasteiger partial charge in [0.1, 0.15) is 22.8 Å². The molecule has 1 aromatic heterocycles. The van der Waals surface area contributed by atoms with Gasteiger partial charge in [-0.1, -0.05) is 54.2 Å². The number of aromatic hydroxyl groups is 1. The Morgan fingerprint density at radius 2 is 1.92 bits per heavy atom. The van der Waals surface area contributed by atoms with Crippen molar-refractivity contribution in [2.75, 3.05) is 13.7 Å². The van der Waals surface area contributed by atoms with Gasteiger partial charge in [-0.15, -0.1) is 0 Å². The monoisotopic (exact) mass is 510 g/mol. The number of aliphatic hydroxyl groups is 1. The molecule has 0 aliphatic heterocycles. The molecule has 0 radical (unpaired) electrons. The summed E-state index contributed by atoms with van der Waals surface area (Å²) >= 11 is 1.00. The van der Waals surface area contributed by atoms with Gasteiger partial charge in [0, 0.05) is 17.7 Å². The standard InChI is InChI=1S/C28H31FN2O4S/c1-35-25-13-10-18(16-20(25)17-30-15-14-19-7-3-4-8-22(19)29)6-2-5-9-23(32)21-11-12-24(33)26-27(21)36-28(34)31-26/h3-4,7-8,10-13,16,23,30,32-33H,2,5-6,9,14-15,17H2,1H3,(H,31,34)/t23-/m0/s1. The Bertz CT molecular complexity index is 1370. The number of phenols is 1. The predicted octanol–water partition coefficient (Wildman–Crippen LogP) is 5.22. The molecule has 4 aromatic rings. The first kappa shape index (κ1) is 25.9. The van der Waals surface area contributed by atoms with Gasteiger partial charge in [-0.25, -0.2) is 4.39 Å². The van der Waals surface area contributed by atoms with E-state index in [0.717, 1.165) is 41.9 Å². The van der Waals surface area contributed by atoms with Crippen LogP contribution in [0.15, 0.2) is 59.4 Å². The molecule has 0 spiro atoms. The Balaban J connectivity index is 1.28. The number of methoxy groups -OCH3 is 1. The van der Waals surface area contributed by atoms with Crippen LogP contribution in [0, 0.1) is 5.82 Å². The maximum atomic E-state index is 13.8. The van der Waals surface area contributed by atoms with Crippen molar-refractivity contribution in [3.63, 3.8) is 0 Å². The summed E-state index contributed by atoms with van der Waals surface area (Å²) in [7, 11) is 1.65. The number of aryl methyl sites for hydroxylation is 1. The zero-order valence-corrected chi connectivity index (χ0v) is 21.0. The third-order valence-corrected chi connectivity index (χ3v) is 7.26. The van der Waals surface area contributed by atoms with Crippen molar-refractivity contribution in [3.05, 3.63) is 92.3 Å². The largest absolute Gasteiger partial charge is 0.506 e. The van der Waals surface area contributed by atoms with Gasteiger partial charge in [-0.3, -0.25) is 4.79 Å². The molecule has 0 saturated carbocycles. The third-order valence-electron chi connectivity index (χ3n) is 6.33. The predicted molar refractivity (Wildman–Crippen MR) is 141 cm³/mol. The number of hydrogen-bond acceptors (Lipinski definition) is 6. The van der Waals surface area contributed by atoms with Crippen molar-refractivity contribution >= 4 is 21.6 Å². The first-order valence-corrected chi connectivity index (χ1v) is 12.9. The molecular weight excluding hydrogens is 479 g/mol. The number of hydrogen-bond donors (Lipinski definition) is 4. The van der Waals surface area contributed by atoms with Crippen LogP contribution in [0.25, 0.3) is 10.2 Å². The van der Waals surface area contributed by atoms with E-state index in [1.165, 1.54) is 17.7 Å². The highest BCUT2D eigenvalue weighted by Crippen LogP contribution is 2.33. The number of thiazole rings is 1. The van der Waals surface area contributed by atoms with Crippen LogP contribution in [0.5, 0.6) is 11.5 Å². The van der Waals surface area contributed by atoms with Crippen molar-refractivity contribution in [3.8, 4) is 11.5 Å². The molecule has 6 nitrogen and oxygen atoms in total. The van der Waals surface area contributed by atoms with Crippen LogP contribution in [-0.2, 0) is 19.4 Å². The fourth-order valence-corrected chi connectivity index (χ4v) is 5.32. The second-order valence-electron chi connectivity index (χ2n) is 8.82. The number of aromatic nitrogens is 1. The Kier molecular flexibility index (Phi) is 8.74. The summed E-state index contributed by atoms with van der Waals surface area (Å²) in [6, 6.07) is 16.2. The molecule has 36 heavy (non-hydrogen) atoms. The van der Waals surface area contributed by atoms with Gasteiger partial charge in [0.2, 0.25) is 0 Å². The molecule has 190 valence electrons. The lowest BCUT2D eigenvalue weighted by Gasteiger charge is -2.14. The highest BCUT2D eigenvalue weighted by Gasteiger charge is 2.16. The highest BCUT2D eigenvalue weighted by molar-refractivity contribution is 7.16. The van der Waals surface area contributed by atoms with Gasteiger partial charge in [0.25, 0.3) is 0 Å². The van der Waals surface area contributed by atoms with E-state index >= 15 is 0 Å². The number of nitrogens with one attached hydrogen (secondary N) is 2. The van der Waals surface area contributed by atoms with Gasteiger partial charge >= 0.3 is 4.87 Å². The molecule has 0 unspecified atom stereocenters. The molecule has 4 N–H and O–H groups in total. The topological polar surface area (TPSA) is 94.6 Å². The Labute approximate surface area is 213 Å². The molecule has 0 aliphatic carbocycles. The van der Waals surface area contributed by atoms with E-state index in [-0.39, 0.29) is 16.4 Å². The molecule has 3 aromatic carbocycles. The van der Waals surface area contributed by atoms with Crippen LogP contribution in [0.3, 0.4) is 0 Å². The molecule has 1 heterocycles. The van der Waals surface area contributed by atoms with Crippen LogP contribution in [0.4, 0.5) is 4.39 Å². The number of rotatable bonds is 12. The quantitative estimate of drug-likeness (QED) is 0.196. The summed E-state index contributed by atoms with van der Waals surface area (Å²) < 4.78 is 19.9. The summed E-state index contributed by atoms with van der Waals surface area (Å²) in [6.07, 6.45) is 3.04. The SMILES string of the molecule is COc1ccc(CCCC[C@H](O)c2ccc(O)c3[nH]c(=O)sc23)cc1CNCCc1ccccc1F. The number of unbranched alkanes of at least 4 members (excludes halogenated alkanes) is 1. The highest BCUT2D eigenvalue weighted by atomic mass is 32.1. The lowest BCUT2D eigenvalue weighted by atomic mass is 9.99. The Morgan fingerprint density at radius 3 is 2.72 bits per heavy atom. The van der Waals surface area contributed by atoms with E-state index < -0.39 is 6.10 Å². The smallest absolute Gasteiger partial charge is 0.305 e. The number of aliphatic hydroxyl groups excluding tert-OH is 1. The minimum absolute atomic E-state index is 0.0105. The average Bonchev–Trinajstić information content (AvgIpc) is 3.28. The Morgan fingerprint density at radius 1 is 1.08 bits per heavy atom. The van der Waals surface area contributed by atoms with Crippen molar-refractivity contribution < 1.29 is 19.3 Å². The number of aromatic amines is 1. The molecule has 0 aliphatic rings. The maximum absolute atomic E-state index is 13.8. The van der Waals surface area contributed by atoms with Crippen molar-refractivity contribution in [1.82, 2.24) is 10.3 Å². The Hall–Kier alpha value is -3.20. The van der Waals surface area contributed by atoms with E-state index in [0.29, 0.717) is 47.3 Å². The fourth-order valence-electron chi connectivity index (χ4n) is 4.40. The number of fused-ring (bicyclic) bond motifs is 1. The van der Waals surface area contributed by atoms with E-state index in [2.05, 4.69) is 22.4 Å². The van der Waals surface area contributed by atoms with Gasteiger partial charge in [0.15, 0.2) is 0 Å². The zero-order valence-electron chi connectivity index (χ0n) is 20.2. The first-order valence-electron chi connectivity index (χ1n) is 12.1. The van der Waals surface area contributed by atoms with E-state index in [9.17, 15) is 19.4 Å². The second kappa shape index (κ2) is 12.2. The minimum atomic E-state index is -0.704. The van der Waals surface area contributed by atoms with Crippen molar-refractivity contribution in [2.45, 2.75) is 44.8 Å². The van der Waals surface area contributed by atoms with Crippen LogP contribution in [0.1, 0.15) is 47.6 Å². The summed E-state index contributed by atoms with van der Waals surface area (Å²) in [4.78, 5) is 14.1. The van der Waals surface area contributed by atoms with Gasteiger partial charge in [-0.05, 0) is 61.6 Å². The number of benzene rings is 3. The number of halogens is 1. The summed E-state index contributed by atoms with van der Waals surface area (Å²) in [5.41, 5.74) is 3.99. The van der Waals surface area contributed by atoms with E-state index in [1.54, 1.807) is 25.3 Å². The van der Waals surface area contributed by atoms with Gasteiger partial charge in [-0.2, -0.15) is 0 Å². The number of ether oxygens (including phenoxy) is 1. The molecule has 1 atom stereocenters. The zero-order chi connectivity index (χ0) is 25.5. The number of H-pyrrole nitrogens is 1. The van der Waals surface area contributed by atoms with Gasteiger partial charge < -0.3 is 25.3 Å². The minimum Gasteiger partial charge on any atom is -0.506 e. The van der Waals surface area contributed by atoms with E-state index in [4.69, 9.17) is 4.74 Å². The fraction of sp³-hybridized carbons (Fsp3) is 0.321. The molecular formula is C28H31FN2O4S. The number of phenolic OH excluding ortho intramolecular Hbond substituents is 1. The van der Waals surface area contributed by atoms with E-state index in [1.807, 2.05) is 12.1 Å². The molecule has 4 rings (SSSR count). The average molecular weight is 511 g/mol. The normalized spacial score (nSPS) is 12.2. The van der Waals surface area contributed by atoms with Crippen LogP contribution in [0.2, 0.25) is 0 Å². The molecule has 0 bridgehead atoms. The molecule has 0 amide bonds. The molecule has 0 fully saturated rings. The third kappa shape index (κ3) is 6.32. The molecule has 8 heteroatoms. The lowest BCUT2D eigenvalue weighted by Crippen LogP contribution is -2.17. The van der Waals surface area contributed by atoms with Crippen LogP contribution in [-0.4, -0.2) is 28.9 Å². The summed E-state index contributed by atoms with van der Waals surface area (Å²) in [5.74, 6) is 0.647.